The molecule has 0 aromatic heterocycles. The fourth-order valence-corrected chi connectivity index (χ4v) is 2.87. The molecular formula is C20H16N2O6. The molecule has 0 spiro atoms. The quantitative estimate of drug-likeness (QED) is 0.496. The molecule has 0 radical (unpaired) electrons. The van der Waals surface area contributed by atoms with Crippen LogP contribution in [0.15, 0.2) is 48.0 Å². The summed E-state index contributed by atoms with van der Waals surface area (Å²) in [5, 5.41) is 1.13. The smallest absolute Gasteiger partial charge is 0.338 e. The highest BCUT2D eigenvalue weighted by Gasteiger charge is 2.34. The van der Waals surface area contributed by atoms with Crippen LogP contribution in [0.3, 0.4) is 0 Å². The van der Waals surface area contributed by atoms with E-state index in [9.17, 15) is 14.4 Å². The molecule has 0 saturated carbocycles. The fraction of sp³-hybridized carbons (Fsp3) is 0.150. The molecule has 142 valence electrons. The number of rotatable bonds is 4. The van der Waals surface area contributed by atoms with Crippen LogP contribution in [0.4, 0.5) is 5.69 Å². The highest BCUT2D eigenvalue weighted by Crippen LogP contribution is 2.33. The fourth-order valence-electron chi connectivity index (χ4n) is 2.87. The first-order valence-electron chi connectivity index (χ1n) is 8.61. The van der Waals surface area contributed by atoms with Gasteiger partial charge in [0.15, 0.2) is 11.5 Å². The maximum absolute atomic E-state index is 12.7. The molecule has 8 heteroatoms. The van der Waals surface area contributed by atoms with Gasteiger partial charge in [-0.2, -0.15) is 0 Å². The molecule has 2 aliphatic heterocycles. The summed E-state index contributed by atoms with van der Waals surface area (Å²) < 4.78 is 15.5. The minimum Gasteiger partial charge on any atom is -0.462 e. The first kappa shape index (κ1) is 17.6. The Labute approximate surface area is 160 Å². The van der Waals surface area contributed by atoms with Gasteiger partial charge in [0.05, 0.1) is 17.9 Å². The van der Waals surface area contributed by atoms with E-state index >= 15 is 0 Å². The average Bonchev–Trinajstić information content (AvgIpc) is 3.27. The number of carbonyl (C=O) groups excluding carboxylic acids is 3. The minimum atomic E-state index is -0.517. The minimum absolute atomic E-state index is 0.00617. The average molecular weight is 380 g/mol. The van der Waals surface area contributed by atoms with E-state index < -0.39 is 17.8 Å². The standard InChI is InChI=1S/C20H16N2O6/c1-2-26-20(25)13-4-6-14(7-5-13)22-19(24)15(18(23)21-22)9-12-3-8-16-17(10-12)28-11-27-16/h3-10H,2,11H2,1H3,(H,21,23). The molecule has 4 rings (SSSR count). The summed E-state index contributed by atoms with van der Waals surface area (Å²) in [6.45, 7) is 2.14. The molecule has 1 saturated heterocycles. The van der Waals surface area contributed by atoms with Crippen LogP contribution in [0.1, 0.15) is 22.8 Å². The van der Waals surface area contributed by atoms with Crippen LogP contribution in [-0.4, -0.2) is 31.2 Å². The third kappa shape index (κ3) is 3.16. The summed E-state index contributed by atoms with van der Waals surface area (Å²) in [6.07, 6.45) is 1.49. The van der Waals surface area contributed by atoms with Gasteiger partial charge < -0.3 is 14.2 Å². The summed E-state index contributed by atoms with van der Waals surface area (Å²) in [5.74, 6) is -0.280. The Morgan fingerprint density at radius 3 is 2.64 bits per heavy atom. The first-order chi connectivity index (χ1) is 13.6. The molecule has 0 bridgehead atoms. The number of ether oxygens (including phenoxy) is 3. The van der Waals surface area contributed by atoms with Gasteiger partial charge >= 0.3 is 5.97 Å². The van der Waals surface area contributed by atoms with Gasteiger partial charge in [-0.05, 0) is 55.0 Å². The second-order valence-electron chi connectivity index (χ2n) is 6.02. The van der Waals surface area contributed by atoms with Gasteiger partial charge in [0, 0.05) is 0 Å². The van der Waals surface area contributed by atoms with Crippen molar-refractivity contribution < 1.29 is 28.6 Å². The predicted molar refractivity (Wildman–Crippen MR) is 98.6 cm³/mol. The van der Waals surface area contributed by atoms with E-state index in [0.717, 1.165) is 5.01 Å². The second-order valence-corrected chi connectivity index (χ2v) is 6.02. The molecule has 1 fully saturated rings. The summed E-state index contributed by atoms with van der Waals surface area (Å²) in [7, 11) is 0. The monoisotopic (exact) mass is 380 g/mol. The molecule has 0 unspecified atom stereocenters. The zero-order valence-corrected chi connectivity index (χ0v) is 14.9. The highest BCUT2D eigenvalue weighted by molar-refractivity contribution is 6.31. The molecule has 2 aromatic rings. The number of hydrogen-bond acceptors (Lipinski definition) is 6. The van der Waals surface area contributed by atoms with Crippen LogP contribution in [-0.2, 0) is 14.3 Å². The number of anilines is 1. The second kappa shape index (κ2) is 7.07. The van der Waals surface area contributed by atoms with Gasteiger partial charge in [0.2, 0.25) is 6.79 Å². The molecule has 0 aliphatic carbocycles. The lowest BCUT2D eigenvalue weighted by atomic mass is 10.1. The van der Waals surface area contributed by atoms with Crippen LogP contribution < -0.4 is 19.9 Å². The summed E-state index contributed by atoms with van der Waals surface area (Å²) in [5.41, 5.74) is 3.95. The van der Waals surface area contributed by atoms with Crippen molar-refractivity contribution in [3.63, 3.8) is 0 Å². The predicted octanol–water partition coefficient (Wildman–Crippen LogP) is 2.05. The Morgan fingerprint density at radius 2 is 1.89 bits per heavy atom. The van der Waals surface area contributed by atoms with Crippen molar-refractivity contribution in [2.24, 2.45) is 0 Å². The number of benzene rings is 2. The van der Waals surface area contributed by atoms with Crippen molar-refractivity contribution in [2.45, 2.75) is 6.92 Å². The zero-order valence-electron chi connectivity index (χ0n) is 14.9. The Kier molecular flexibility index (Phi) is 4.44. The normalized spacial score (nSPS) is 16.5. The van der Waals surface area contributed by atoms with E-state index in [1.54, 1.807) is 37.3 Å². The van der Waals surface area contributed by atoms with Crippen molar-refractivity contribution in [3.8, 4) is 11.5 Å². The number of fused-ring (bicyclic) bond motifs is 1. The van der Waals surface area contributed by atoms with Gasteiger partial charge in [-0.25, -0.2) is 9.80 Å². The van der Waals surface area contributed by atoms with Crippen LogP contribution >= 0.6 is 0 Å². The number of esters is 1. The highest BCUT2D eigenvalue weighted by atomic mass is 16.7. The number of hydrogen-bond donors (Lipinski definition) is 1. The third-order valence-electron chi connectivity index (χ3n) is 4.24. The molecule has 2 aromatic carbocycles. The topological polar surface area (TPSA) is 94.2 Å². The van der Waals surface area contributed by atoms with Crippen molar-refractivity contribution in [1.29, 1.82) is 0 Å². The first-order valence-corrected chi connectivity index (χ1v) is 8.61. The van der Waals surface area contributed by atoms with Gasteiger partial charge in [-0.15, -0.1) is 0 Å². The Morgan fingerprint density at radius 1 is 1.14 bits per heavy atom. The third-order valence-corrected chi connectivity index (χ3v) is 4.24. The van der Waals surface area contributed by atoms with Crippen LogP contribution in [0.5, 0.6) is 11.5 Å². The number of amides is 2. The van der Waals surface area contributed by atoms with Crippen molar-refractivity contribution in [3.05, 3.63) is 59.2 Å². The van der Waals surface area contributed by atoms with Crippen molar-refractivity contribution in [1.82, 2.24) is 5.43 Å². The molecule has 0 atom stereocenters. The van der Waals surface area contributed by atoms with Crippen molar-refractivity contribution >= 4 is 29.5 Å². The lowest BCUT2D eigenvalue weighted by Gasteiger charge is -2.14. The number of hydrazine groups is 1. The zero-order chi connectivity index (χ0) is 19.7. The number of carbonyl (C=O) groups is 3. The molecule has 2 heterocycles. The molecule has 28 heavy (non-hydrogen) atoms. The summed E-state index contributed by atoms with van der Waals surface area (Å²) in [6, 6.07) is 11.4. The van der Waals surface area contributed by atoms with Crippen LogP contribution in [0.2, 0.25) is 0 Å². The lowest BCUT2D eigenvalue weighted by molar-refractivity contribution is -0.117. The Hall–Kier alpha value is -3.81. The SMILES string of the molecule is CCOC(=O)c1ccc(N2NC(=O)C(=Cc3ccc4c(c3)OCO4)C2=O)cc1. The van der Waals surface area contributed by atoms with E-state index in [0.29, 0.717) is 28.3 Å². The number of nitrogens with zero attached hydrogens (tertiary/aromatic N) is 1. The van der Waals surface area contributed by atoms with Gasteiger partial charge in [-0.3, -0.25) is 15.0 Å². The molecule has 8 nitrogen and oxygen atoms in total. The summed E-state index contributed by atoms with van der Waals surface area (Å²) in [4.78, 5) is 36.7. The maximum atomic E-state index is 12.7. The maximum Gasteiger partial charge on any atom is 0.338 e. The van der Waals surface area contributed by atoms with E-state index in [-0.39, 0.29) is 19.0 Å². The van der Waals surface area contributed by atoms with E-state index in [1.165, 1.54) is 18.2 Å². The molecule has 1 N–H and O–H groups in total. The molecular weight excluding hydrogens is 364 g/mol. The van der Waals surface area contributed by atoms with Crippen molar-refractivity contribution in [2.75, 3.05) is 18.4 Å². The Balaban J connectivity index is 1.56. The number of nitrogens with one attached hydrogen (secondary N) is 1. The van der Waals surface area contributed by atoms with Crippen LogP contribution in [0, 0.1) is 0 Å². The van der Waals surface area contributed by atoms with Crippen LogP contribution in [0.25, 0.3) is 6.08 Å². The van der Waals surface area contributed by atoms with E-state index in [2.05, 4.69) is 5.43 Å². The summed E-state index contributed by atoms with van der Waals surface area (Å²) >= 11 is 0. The van der Waals surface area contributed by atoms with Gasteiger partial charge in [-0.1, -0.05) is 6.07 Å². The van der Waals surface area contributed by atoms with Gasteiger partial charge in [0.25, 0.3) is 11.8 Å². The lowest BCUT2D eigenvalue weighted by Crippen LogP contribution is -2.35. The van der Waals surface area contributed by atoms with E-state index in [1.807, 2.05) is 0 Å². The van der Waals surface area contributed by atoms with E-state index in [4.69, 9.17) is 14.2 Å². The Bertz CT molecular complexity index is 996. The molecule has 2 aliphatic rings. The van der Waals surface area contributed by atoms with Gasteiger partial charge in [0.1, 0.15) is 5.57 Å². The largest absolute Gasteiger partial charge is 0.462 e. The molecule has 2 amide bonds.